The van der Waals surface area contributed by atoms with Crippen molar-refractivity contribution in [2.24, 2.45) is 0 Å². The molecule has 4 rings (SSSR count). The summed E-state index contributed by atoms with van der Waals surface area (Å²) in [4.78, 5) is 12.6. The number of rotatable bonds is 7. The van der Waals surface area contributed by atoms with E-state index in [0.29, 0.717) is 14.1 Å². The minimum atomic E-state index is -4.84. The molecule has 0 spiro atoms. The van der Waals surface area contributed by atoms with Crippen molar-refractivity contribution in [3.63, 3.8) is 0 Å². The number of amides is 1. The van der Waals surface area contributed by atoms with Crippen LogP contribution >= 0.6 is 0 Å². The number of ether oxygens (including phenoxy) is 2. The molecule has 0 bridgehead atoms. The Bertz CT molecular complexity index is 1110. The summed E-state index contributed by atoms with van der Waals surface area (Å²) in [6, 6.07) is 7.92. The largest absolute Gasteiger partial charge is 0.573 e. The molecule has 1 heterocycles. The number of hydrogen-bond acceptors (Lipinski definition) is 6. The number of alkyl halides is 3. The van der Waals surface area contributed by atoms with E-state index in [1.807, 2.05) is 6.07 Å². The molecule has 11 heteroatoms. The Kier molecular flexibility index (Phi) is 5.88. The van der Waals surface area contributed by atoms with Crippen LogP contribution in [0, 0.1) is 11.3 Å². The molecule has 0 saturated heterocycles. The van der Waals surface area contributed by atoms with Gasteiger partial charge in [-0.05, 0) is 72.6 Å². The lowest BCUT2D eigenvalue weighted by atomic mass is 9.80. The van der Waals surface area contributed by atoms with Crippen molar-refractivity contribution in [2.75, 3.05) is 6.61 Å². The highest BCUT2D eigenvalue weighted by atomic mass is 19.4. The lowest BCUT2D eigenvalue weighted by Crippen LogP contribution is -2.49. The molecule has 0 radical (unpaired) electrons. The van der Waals surface area contributed by atoms with Crippen molar-refractivity contribution in [2.45, 2.75) is 44.2 Å². The van der Waals surface area contributed by atoms with E-state index >= 15 is 0 Å². The van der Waals surface area contributed by atoms with E-state index in [1.165, 1.54) is 6.92 Å². The van der Waals surface area contributed by atoms with E-state index in [-0.39, 0.29) is 29.6 Å². The summed E-state index contributed by atoms with van der Waals surface area (Å²) in [5.74, 6) is -0.647. The maximum atomic E-state index is 12.6. The van der Waals surface area contributed by atoms with Gasteiger partial charge in [-0.2, -0.15) is 5.26 Å². The van der Waals surface area contributed by atoms with Gasteiger partial charge in [0.1, 0.15) is 12.4 Å². The topological polar surface area (TPSA) is 101 Å². The number of nitrogens with zero attached hydrogens (tertiary/aromatic N) is 1. The molecule has 1 saturated carbocycles. The molecule has 7 nitrogen and oxygen atoms in total. The minimum Gasteiger partial charge on any atom is -0.504 e. The molecule has 1 fully saturated rings. The number of hydrogen-bond donors (Lipinski definition) is 2. The van der Waals surface area contributed by atoms with Crippen molar-refractivity contribution in [3.8, 4) is 23.3 Å². The van der Waals surface area contributed by atoms with Crippen molar-refractivity contribution in [3.05, 3.63) is 47.0 Å². The van der Waals surface area contributed by atoms with Gasteiger partial charge in [0, 0.05) is 5.56 Å². The van der Waals surface area contributed by atoms with E-state index < -0.39 is 23.6 Å². The van der Waals surface area contributed by atoms with Crippen LogP contribution in [0.25, 0.3) is 0 Å². The Morgan fingerprint density at radius 1 is 1.33 bits per heavy atom. The highest BCUT2D eigenvalue weighted by Crippen LogP contribution is 2.47. The van der Waals surface area contributed by atoms with E-state index in [2.05, 4.69) is 10.1 Å². The minimum absolute atomic E-state index is 0.0437. The van der Waals surface area contributed by atoms with Crippen LogP contribution in [0.4, 0.5) is 13.2 Å². The van der Waals surface area contributed by atoms with Crippen LogP contribution in [0.2, 0.25) is 0 Å². The summed E-state index contributed by atoms with van der Waals surface area (Å²) >= 11 is 0. The second kappa shape index (κ2) is 8.52. The van der Waals surface area contributed by atoms with Gasteiger partial charge in [-0.3, -0.25) is 4.79 Å². The van der Waals surface area contributed by atoms with Gasteiger partial charge in [-0.25, -0.2) is 0 Å². The number of phenols is 1. The molecule has 1 unspecified atom stereocenters. The van der Waals surface area contributed by atoms with Crippen LogP contribution < -0.4 is 20.3 Å². The maximum Gasteiger partial charge on any atom is 0.573 e. The summed E-state index contributed by atoms with van der Waals surface area (Å²) in [6.45, 7) is 1.62. The molecule has 2 aromatic rings. The molecule has 2 aromatic carbocycles. The van der Waals surface area contributed by atoms with Crippen LogP contribution in [0.15, 0.2) is 30.3 Å². The number of carbonyl (C=O) groups excluding carboxylic acids is 1. The van der Waals surface area contributed by atoms with Crippen molar-refractivity contribution < 1.29 is 37.2 Å². The van der Waals surface area contributed by atoms with E-state index in [4.69, 9.17) is 9.39 Å². The Hall–Kier alpha value is -3.39. The number of nitriles is 1. The van der Waals surface area contributed by atoms with Crippen LogP contribution in [-0.2, 0) is 11.3 Å². The first-order valence-corrected chi connectivity index (χ1v) is 10.3. The molecule has 172 valence electrons. The quantitative estimate of drug-likeness (QED) is 0.617. The molecule has 0 aromatic heterocycles. The van der Waals surface area contributed by atoms with Gasteiger partial charge in [0.15, 0.2) is 17.0 Å². The molecule has 1 atom stereocenters. The predicted octanol–water partition coefficient (Wildman–Crippen LogP) is 2.77. The summed E-state index contributed by atoms with van der Waals surface area (Å²) in [7, 11) is 0.429. The Balaban J connectivity index is 1.47. The fourth-order valence-corrected chi connectivity index (χ4v) is 3.73. The number of carbonyl (C=O) groups is 1. The third kappa shape index (κ3) is 5.17. The van der Waals surface area contributed by atoms with Gasteiger partial charge >= 0.3 is 13.8 Å². The number of halogens is 3. The Morgan fingerprint density at radius 2 is 2.03 bits per heavy atom. The van der Waals surface area contributed by atoms with Crippen LogP contribution in [0.3, 0.4) is 0 Å². The normalized spacial score (nSPS) is 16.7. The first-order chi connectivity index (χ1) is 15.6. The molecule has 33 heavy (non-hydrogen) atoms. The van der Waals surface area contributed by atoms with Crippen LogP contribution in [0.5, 0.6) is 17.2 Å². The van der Waals surface area contributed by atoms with E-state index in [0.717, 1.165) is 53.7 Å². The molecule has 2 N–H and O–H groups in total. The number of nitrogens with one attached hydrogen (secondary N) is 1. The fraction of sp³-hybridized carbons (Fsp3) is 0.364. The van der Waals surface area contributed by atoms with Gasteiger partial charge in [-0.1, -0.05) is 0 Å². The van der Waals surface area contributed by atoms with E-state index in [1.54, 1.807) is 6.07 Å². The average Bonchev–Trinajstić information content (AvgIpc) is 3.48. The van der Waals surface area contributed by atoms with Gasteiger partial charge in [0.2, 0.25) is 0 Å². The van der Waals surface area contributed by atoms with Gasteiger partial charge in [-0.15, -0.1) is 13.2 Å². The van der Waals surface area contributed by atoms with E-state index in [9.17, 15) is 28.3 Å². The van der Waals surface area contributed by atoms with Crippen molar-refractivity contribution in [1.82, 2.24) is 5.32 Å². The molecule has 2 aliphatic rings. The smallest absolute Gasteiger partial charge is 0.504 e. The number of aromatic hydroxyl groups is 1. The Morgan fingerprint density at radius 3 is 2.64 bits per heavy atom. The zero-order valence-corrected chi connectivity index (χ0v) is 17.7. The molecule has 1 aliphatic carbocycles. The summed E-state index contributed by atoms with van der Waals surface area (Å²) in [5.41, 5.74) is 1.36. The number of fused-ring (bicyclic) bond motifs is 1. The predicted molar refractivity (Wildman–Crippen MR) is 112 cm³/mol. The highest BCUT2D eigenvalue weighted by molar-refractivity contribution is 6.50. The zero-order chi connectivity index (χ0) is 23.8. The third-order valence-corrected chi connectivity index (χ3v) is 5.48. The summed E-state index contributed by atoms with van der Waals surface area (Å²) in [6.07, 6.45) is -2.91. The maximum absolute atomic E-state index is 12.6. The molecule has 1 amide bonds. The highest BCUT2D eigenvalue weighted by Gasteiger charge is 2.36. The van der Waals surface area contributed by atoms with Gasteiger partial charge < -0.3 is 24.6 Å². The first-order valence-electron chi connectivity index (χ1n) is 10.3. The fourth-order valence-electron chi connectivity index (χ4n) is 3.73. The summed E-state index contributed by atoms with van der Waals surface area (Å²) < 4.78 is 52.1. The second-order valence-corrected chi connectivity index (χ2v) is 8.30. The van der Waals surface area contributed by atoms with Gasteiger partial charge in [0.25, 0.3) is 5.91 Å². The number of benzene rings is 2. The average molecular weight is 460 g/mol. The van der Waals surface area contributed by atoms with Crippen LogP contribution in [0.1, 0.15) is 47.2 Å². The second-order valence-electron chi connectivity index (χ2n) is 8.30. The lowest BCUT2D eigenvalue weighted by Gasteiger charge is -2.25. The molecular formula is C22H20BF3N2O5. The standard InChI is InChI=1S/C22H20BF3N2O5/c1-21(10-27,28-20(30)13-4-6-15(7-5-13)33-22(24,25)26)11-31-19-16(29)8-14-9-32-23-18(14)17(19)12-2-3-12/h4-8,12,23,29H,2-3,9,11H2,1H3,(H,28,30). The SMILES string of the molecule is CC(C#N)(COc1c(O)cc2c(c1C1CC1)BOC2)NC(=O)c1ccc(OC(F)(F)F)cc1. The van der Waals surface area contributed by atoms with Crippen molar-refractivity contribution >= 4 is 18.9 Å². The lowest BCUT2D eigenvalue weighted by molar-refractivity contribution is -0.274. The third-order valence-electron chi connectivity index (χ3n) is 5.48. The first kappa shape index (κ1) is 22.8. The van der Waals surface area contributed by atoms with Gasteiger partial charge in [0.05, 0.1) is 12.7 Å². The molecule has 1 aliphatic heterocycles. The number of phenolic OH excluding ortho intramolecular Hbond substituents is 1. The van der Waals surface area contributed by atoms with Crippen molar-refractivity contribution in [1.29, 1.82) is 5.26 Å². The zero-order valence-electron chi connectivity index (χ0n) is 17.7. The van der Waals surface area contributed by atoms with Crippen LogP contribution in [-0.4, -0.2) is 37.0 Å². The monoisotopic (exact) mass is 460 g/mol. The summed E-state index contributed by atoms with van der Waals surface area (Å²) in [5, 5.41) is 22.7. The Labute approximate surface area is 188 Å². The molecular weight excluding hydrogens is 440 g/mol.